The number of anilines is 3. The fourth-order valence-electron chi connectivity index (χ4n) is 2.99. The largest absolute Gasteiger partial charge is 0.364 e. The zero-order valence-electron chi connectivity index (χ0n) is 15.3. The van der Waals surface area contributed by atoms with Crippen LogP contribution in [-0.4, -0.2) is 30.6 Å². The predicted molar refractivity (Wildman–Crippen MR) is 105 cm³/mol. The summed E-state index contributed by atoms with van der Waals surface area (Å²) in [7, 11) is 1.77. The van der Waals surface area contributed by atoms with Gasteiger partial charge in [0.15, 0.2) is 0 Å². The maximum Gasteiger partial charge on any atom is 0.251 e. The molecule has 0 bridgehead atoms. The van der Waals surface area contributed by atoms with E-state index in [9.17, 15) is 9.59 Å². The lowest BCUT2D eigenvalue weighted by Crippen LogP contribution is -2.46. The Hall–Kier alpha value is -3.81. The molecule has 0 atom stereocenters. The van der Waals surface area contributed by atoms with Crippen LogP contribution in [0, 0.1) is 0 Å². The summed E-state index contributed by atoms with van der Waals surface area (Å²) in [6, 6.07) is 16.4. The molecular weight excluding hydrogens is 358 g/mol. The summed E-state index contributed by atoms with van der Waals surface area (Å²) in [5.41, 5.74) is 6.97. The third-order valence-electron chi connectivity index (χ3n) is 4.53. The van der Waals surface area contributed by atoms with Crippen LogP contribution in [0.5, 0.6) is 0 Å². The molecule has 2 heterocycles. The van der Waals surface area contributed by atoms with Gasteiger partial charge in [-0.2, -0.15) is 0 Å². The first-order valence-electron chi connectivity index (χ1n) is 8.79. The number of benzene rings is 2. The van der Waals surface area contributed by atoms with Gasteiger partial charge in [-0.3, -0.25) is 20.0 Å². The third-order valence-corrected chi connectivity index (χ3v) is 4.53. The normalized spacial score (nSPS) is 13.2. The van der Waals surface area contributed by atoms with E-state index in [1.807, 2.05) is 24.3 Å². The second-order valence-corrected chi connectivity index (χ2v) is 6.39. The van der Waals surface area contributed by atoms with E-state index in [0.717, 1.165) is 17.1 Å². The topological polar surface area (TPSA) is 90.7 Å². The van der Waals surface area contributed by atoms with Crippen LogP contribution in [-0.2, 0) is 11.3 Å². The summed E-state index contributed by atoms with van der Waals surface area (Å²) < 4.78 is 4.74. The van der Waals surface area contributed by atoms with Gasteiger partial charge in [0.2, 0.25) is 5.91 Å². The average Bonchev–Trinajstić information content (AvgIpc) is 3.24. The van der Waals surface area contributed by atoms with Gasteiger partial charge < -0.3 is 14.7 Å². The second kappa shape index (κ2) is 7.43. The SMILES string of the molecule is CN1C(=O)CN(Nc2ccc(C(=O)NCc3ccon3)cc2)c2ccccc21. The van der Waals surface area contributed by atoms with E-state index in [4.69, 9.17) is 4.52 Å². The van der Waals surface area contributed by atoms with E-state index in [1.54, 1.807) is 47.3 Å². The minimum absolute atomic E-state index is 0.00458. The highest BCUT2D eigenvalue weighted by Crippen LogP contribution is 2.32. The smallest absolute Gasteiger partial charge is 0.251 e. The van der Waals surface area contributed by atoms with Crippen LogP contribution in [0.4, 0.5) is 17.1 Å². The van der Waals surface area contributed by atoms with Gasteiger partial charge in [-0.1, -0.05) is 17.3 Å². The summed E-state index contributed by atoms with van der Waals surface area (Å²) in [6.07, 6.45) is 1.46. The van der Waals surface area contributed by atoms with Crippen LogP contribution in [0.15, 0.2) is 65.4 Å². The monoisotopic (exact) mass is 377 g/mol. The fourth-order valence-corrected chi connectivity index (χ4v) is 2.99. The molecule has 4 rings (SSSR count). The molecule has 0 spiro atoms. The summed E-state index contributed by atoms with van der Waals surface area (Å²) in [4.78, 5) is 26.1. The number of nitrogens with one attached hydrogen (secondary N) is 2. The molecule has 3 aromatic rings. The van der Waals surface area contributed by atoms with Crippen molar-refractivity contribution in [2.75, 3.05) is 28.9 Å². The Morgan fingerprint density at radius 1 is 1.11 bits per heavy atom. The molecule has 0 fully saturated rings. The second-order valence-electron chi connectivity index (χ2n) is 6.39. The molecule has 142 valence electrons. The molecule has 1 aliphatic heterocycles. The van der Waals surface area contributed by atoms with E-state index >= 15 is 0 Å². The van der Waals surface area contributed by atoms with Crippen molar-refractivity contribution in [2.24, 2.45) is 0 Å². The molecule has 1 aliphatic rings. The van der Waals surface area contributed by atoms with Crippen molar-refractivity contribution in [3.05, 3.63) is 72.1 Å². The van der Waals surface area contributed by atoms with Gasteiger partial charge in [-0.05, 0) is 36.4 Å². The van der Waals surface area contributed by atoms with Gasteiger partial charge in [0.1, 0.15) is 18.5 Å². The molecular formula is C20H19N5O3. The highest BCUT2D eigenvalue weighted by molar-refractivity contribution is 6.03. The summed E-state index contributed by atoms with van der Waals surface area (Å²) in [5, 5.41) is 8.34. The lowest BCUT2D eigenvalue weighted by atomic mass is 10.2. The van der Waals surface area contributed by atoms with E-state index in [1.165, 1.54) is 6.26 Å². The maximum absolute atomic E-state index is 12.2. The van der Waals surface area contributed by atoms with Crippen molar-refractivity contribution in [1.82, 2.24) is 10.5 Å². The average molecular weight is 377 g/mol. The number of rotatable bonds is 5. The molecule has 8 nitrogen and oxygen atoms in total. The Labute approximate surface area is 161 Å². The molecule has 2 aromatic carbocycles. The van der Waals surface area contributed by atoms with E-state index in [0.29, 0.717) is 17.8 Å². The number of nitrogens with zero attached hydrogens (tertiary/aromatic N) is 3. The highest BCUT2D eigenvalue weighted by Gasteiger charge is 2.26. The van der Waals surface area contributed by atoms with Crippen molar-refractivity contribution in [1.29, 1.82) is 0 Å². The van der Waals surface area contributed by atoms with Gasteiger partial charge in [-0.15, -0.1) is 0 Å². The molecule has 0 radical (unpaired) electrons. The fraction of sp³-hybridized carbons (Fsp3) is 0.150. The van der Waals surface area contributed by atoms with Crippen molar-refractivity contribution in [3.8, 4) is 0 Å². The van der Waals surface area contributed by atoms with Crippen LogP contribution in [0.3, 0.4) is 0 Å². The molecule has 0 saturated heterocycles. The number of hydrazine groups is 1. The number of hydrogen-bond donors (Lipinski definition) is 2. The first-order valence-corrected chi connectivity index (χ1v) is 8.79. The Bertz CT molecular complexity index is 985. The number of aromatic nitrogens is 1. The van der Waals surface area contributed by atoms with E-state index in [2.05, 4.69) is 15.9 Å². The lowest BCUT2D eigenvalue weighted by molar-refractivity contribution is -0.117. The summed E-state index contributed by atoms with van der Waals surface area (Å²) >= 11 is 0. The maximum atomic E-state index is 12.2. The van der Waals surface area contributed by atoms with Gasteiger partial charge in [0, 0.05) is 18.7 Å². The number of hydrogen-bond acceptors (Lipinski definition) is 6. The Morgan fingerprint density at radius 2 is 1.86 bits per heavy atom. The molecule has 28 heavy (non-hydrogen) atoms. The first kappa shape index (κ1) is 17.6. The number of carbonyl (C=O) groups is 2. The quantitative estimate of drug-likeness (QED) is 0.710. The summed E-state index contributed by atoms with van der Waals surface area (Å²) in [6.45, 7) is 0.517. The molecule has 8 heteroatoms. The number of para-hydroxylation sites is 2. The number of carbonyl (C=O) groups excluding carboxylic acids is 2. The van der Waals surface area contributed by atoms with Gasteiger partial charge in [0.05, 0.1) is 23.6 Å². The molecule has 2 amide bonds. The van der Waals surface area contributed by atoms with E-state index < -0.39 is 0 Å². The van der Waals surface area contributed by atoms with Crippen LogP contribution in [0.25, 0.3) is 0 Å². The van der Waals surface area contributed by atoms with Crippen LogP contribution < -0.4 is 20.7 Å². The Balaban J connectivity index is 1.44. The number of likely N-dealkylation sites (N-methyl/N-ethyl adjacent to an activating group) is 1. The first-order chi connectivity index (χ1) is 13.6. The van der Waals surface area contributed by atoms with Crippen molar-refractivity contribution < 1.29 is 14.1 Å². The molecule has 1 aromatic heterocycles. The zero-order chi connectivity index (χ0) is 19.5. The lowest BCUT2D eigenvalue weighted by Gasteiger charge is -2.35. The third kappa shape index (κ3) is 3.52. The molecule has 0 saturated carbocycles. The molecule has 0 unspecified atom stereocenters. The van der Waals surface area contributed by atoms with Crippen molar-refractivity contribution >= 4 is 28.9 Å². The zero-order valence-corrected chi connectivity index (χ0v) is 15.3. The molecule has 2 N–H and O–H groups in total. The predicted octanol–water partition coefficient (Wildman–Crippen LogP) is 2.41. The van der Waals surface area contributed by atoms with Gasteiger partial charge >= 0.3 is 0 Å². The molecule has 0 aliphatic carbocycles. The number of fused-ring (bicyclic) bond motifs is 1. The van der Waals surface area contributed by atoms with Crippen molar-refractivity contribution in [2.45, 2.75) is 6.54 Å². The minimum Gasteiger partial charge on any atom is -0.364 e. The Morgan fingerprint density at radius 3 is 2.57 bits per heavy atom. The minimum atomic E-state index is -0.199. The standard InChI is InChI=1S/C20H19N5O3/c1-24-17-4-2-3-5-18(17)25(13-19(24)26)22-15-8-6-14(7-9-15)20(27)21-12-16-10-11-28-23-16/h2-11,22H,12-13H2,1H3,(H,21,27). The van der Waals surface area contributed by atoms with Gasteiger partial charge in [0.25, 0.3) is 5.91 Å². The van der Waals surface area contributed by atoms with Gasteiger partial charge in [-0.25, -0.2) is 0 Å². The van der Waals surface area contributed by atoms with Crippen LogP contribution in [0.2, 0.25) is 0 Å². The van der Waals surface area contributed by atoms with Crippen LogP contribution in [0.1, 0.15) is 16.1 Å². The van der Waals surface area contributed by atoms with Crippen molar-refractivity contribution in [3.63, 3.8) is 0 Å². The van der Waals surface area contributed by atoms with E-state index in [-0.39, 0.29) is 18.4 Å². The number of amides is 2. The summed E-state index contributed by atoms with van der Waals surface area (Å²) in [5.74, 6) is -0.204. The van der Waals surface area contributed by atoms with Crippen LogP contribution >= 0.6 is 0 Å². The highest BCUT2D eigenvalue weighted by atomic mass is 16.5. The Kier molecular flexibility index (Phi) is 4.67.